The molecular weight excluding hydrogens is 202 g/mol. The van der Waals surface area contributed by atoms with Gasteiger partial charge in [-0.3, -0.25) is 4.90 Å². The molecule has 4 nitrogen and oxygen atoms in total. The van der Waals surface area contributed by atoms with Crippen molar-refractivity contribution in [1.29, 1.82) is 0 Å². The number of aromatic nitrogens is 2. The second-order valence-corrected chi connectivity index (χ2v) is 4.33. The Morgan fingerprint density at radius 2 is 2.44 bits per heavy atom. The van der Waals surface area contributed by atoms with Gasteiger partial charge in [0.1, 0.15) is 0 Å². The summed E-state index contributed by atoms with van der Waals surface area (Å²) in [5.41, 5.74) is 1.05. The number of rotatable bonds is 4. The Bertz CT molecular complexity index is 343. The highest BCUT2D eigenvalue weighted by molar-refractivity contribution is 5.05. The summed E-state index contributed by atoms with van der Waals surface area (Å²) in [6.45, 7) is 5.56. The first-order valence-electron chi connectivity index (χ1n) is 5.90. The topological polar surface area (TPSA) is 38.2 Å². The highest BCUT2D eigenvalue weighted by Crippen LogP contribution is 2.20. The van der Waals surface area contributed by atoms with E-state index in [0.29, 0.717) is 6.01 Å². The Hall–Kier alpha value is -1.16. The van der Waals surface area contributed by atoms with E-state index in [2.05, 4.69) is 21.8 Å². The van der Waals surface area contributed by atoms with Gasteiger partial charge in [-0.2, -0.15) is 4.98 Å². The highest BCUT2D eigenvalue weighted by Gasteiger charge is 2.21. The van der Waals surface area contributed by atoms with Crippen molar-refractivity contribution >= 4 is 0 Å². The fourth-order valence-corrected chi connectivity index (χ4v) is 2.18. The molecule has 1 unspecified atom stereocenters. The molecule has 1 aromatic heterocycles. The van der Waals surface area contributed by atoms with E-state index in [-0.39, 0.29) is 0 Å². The van der Waals surface area contributed by atoms with Gasteiger partial charge >= 0.3 is 6.01 Å². The minimum atomic E-state index is 0.462. The van der Waals surface area contributed by atoms with E-state index in [9.17, 15) is 0 Å². The van der Waals surface area contributed by atoms with Gasteiger partial charge in [-0.15, -0.1) is 0 Å². The quantitative estimate of drug-likeness (QED) is 0.776. The third-order valence-electron chi connectivity index (χ3n) is 3.21. The van der Waals surface area contributed by atoms with Crippen LogP contribution in [0.15, 0.2) is 12.3 Å². The van der Waals surface area contributed by atoms with Crippen LogP contribution in [0.1, 0.15) is 25.5 Å². The van der Waals surface area contributed by atoms with Gasteiger partial charge < -0.3 is 4.74 Å². The lowest BCUT2D eigenvalue weighted by molar-refractivity contribution is 0.307. The standard InChI is InChI=1S/C12H19N3O/c1-3-10-5-7-15(8-10)9-11-4-6-13-12(14-11)16-2/h4,6,10H,3,5,7-9H2,1-2H3. The Kier molecular flexibility index (Phi) is 3.72. The Morgan fingerprint density at radius 3 is 3.12 bits per heavy atom. The van der Waals surface area contributed by atoms with Crippen LogP contribution in [0.25, 0.3) is 0 Å². The van der Waals surface area contributed by atoms with Gasteiger partial charge in [0.25, 0.3) is 0 Å². The van der Waals surface area contributed by atoms with Crippen LogP contribution in [0.2, 0.25) is 0 Å². The molecule has 0 amide bonds. The van der Waals surface area contributed by atoms with Crippen molar-refractivity contribution in [3.63, 3.8) is 0 Å². The third kappa shape index (κ3) is 2.70. The first kappa shape index (κ1) is 11.3. The molecule has 2 heterocycles. The van der Waals surface area contributed by atoms with Crippen LogP contribution in [-0.2, 0) is 6.54 Å². The summed E-state index contributed by atoms with van der Waals surface area (Å²) in [4.78, 5) is 10.8. The van der Waals surface area contributed by atoms with Gasteiger partial charge in [-0.1, -0.05) is 13.3 Å². The second-order valence-electron chi connectivity index (χ2n) is 4.33. The van der Waals surface area contributed by atoms with Crippen molar-refractivity contribution in [3.05, 3.63) is 18.0 Å². The first-order chi connectivity index (χ1) is 7.81. The fourth-order valence-electron chi connectivity index (χ4n) is 2.18. The molecule has 1 atom stereocenters. The number of ether oxygens (including phenoxy) is 1. The molecule has 1 saturated heterocycles. The summed E-state index contributed by atoms with van der Waals surface area (Å²) < 4.78 is 5.02. The molecular formula is C12H19N3O. The molecule has 1 aliphatic rings. The molecule has 0 radical (unpaired) electrons. The van der Waals surface area contributed by atoms with Crippen molar-refractivity contribution in [2.45, 2.75) is 26.3 Å². The van der Waals surface area contributed by atoms with Gasteiger partial charge in [0.2, 0.25) is 0 Å². The lowest BCUT2D eigenvalue weighted by Crippen LogP contribution is -2.20. The first-order valence-corrected chi connectivity index (χ1v) is 5.90. The molecule has 1 aliphatic heterocycles. The molecule has 0 aliphatic carbocycles. The van der Waals surface area contributed by atoms with Crippen LogP contribution in [0, 0.1) is 5.92 Å². The molecule has 0 aromatic carbocycles. The van der Waals surface area contributed by atoms with E-state index in [4.69, 9.17) is 4.74 Å². The number of hydrogen-bond donors (Lipinski definition) is 0. The van der Waals surface area contributed by atoms with Crippen molar-refractivity contribution in [2.75, 3.05) is 20.2 Å². The predicted molar refractivity (Wildman–Crippen MR) is 62.3 cm³/mol. The lowest BCUT2D eigenvalue weighted by atomic mass is 10.1. The zero-order chi connectivity index (χ0) is 11.4. The van der Waals surface area contributed by atoms with Crippen LogP contribution in [0.4, 0.5) is 0 Å². The number of methoxy groups -OCH3 is 1. The summed E-state index contributed by atoms with van der Waals surface area (Å²) in [5.74, 6) is 0.865. The van der Waals surface area contributed by atoms with E-state index in [1.165, 1.54) is 25.9 Å². The molecule has 4 heteroatoms. The minimum absolute atomic E-state index is 0.462. The van der Waals surface area contributed by atoms with Crippen LogP contribution < -0.4 is 4.74 Å². The largest absolute Gasteiger partial charge is 0.467 e. The zero-order valence-electron chi connectivity index (χ0n) is 10.0. The molecule has 1 fully saturated rings. The monoisotopic (exact) mass is 221 g/mol. The van der Waals surface area contributed by atoms with Crippen LogP contribution in [0.3, 0.4) is 0 Å². The van der Waals surface area contributed by atoms with E-state index < -0.39 is 0 Å². The summed E-state index contributed by atoms with van der Waals surface area (Å²) in [6, 6.07) is 2.42. The zero-order valence-corrected chi connectivity index (χ0v) is 10.0. The maximum absolute atomic E-state index is 5.02. The maximum Gasteiger partial charge on any atom is 0.316 e. The van der Waals surface area contributed by atoms with Crippen LogP contribution in [0.5, 0.6) is 6.01 Å². The van der Waals surface area contributed by atoms with Crippen molar-refractivity contribution in [3.8, 4) is 6.01 Å². The predicted octanol–water partition coefficient (Wildman–Crippen LogP) is 1.72. The minimum Gasteiger partial charge on any atom is -0.467 e. The van der Waals surface area contributed by atoms with Crippen LogP contribution in [-0.4, -0.2) is 35.1 Å². The van der Waals surface area contributed by atoms with Gasteiger partial charge in [0, 0.05) is 19.3 Å². The summed E-state index contributed by atoms with van der Waals surface area (Å²) >= 11 is 0. The van der Waals surface area contributed by atoms with Crippen molar-refractivity contribution in [2.24, 2.45) is 5.92 Å². The number of likely N-dealkylation sites (tertiary alicyclic amines) is 1. The van der Waals surface area contributed by atoms with E-state index in [1.54, 1.807) is 13.3 Å². The van der Waals surface area contributed by atoms with Gasteiger partial charge in [0.15, 0.2) is 0 Å². The molecule has 2 rings (SSSR count). The van der Waals surface area contributed by atoms with Gasteiger partial charge in [-0.05, 0) is 24.9 Å². The van der Waals surface area contributed by atoms with E-state index in [0.717, 1.165) is 18.2 Å². The lowest BCUT2D eigenvalue weighted by Gasteiger charge is -2.14. The summed E-state index contributed by atoms with van der Waals surface area (Å²) in [6.07, 6.45) is 4.36. The molecule has 0 spiro atoms. The Morgan fingerprint density at radius 1 is 1.56 bits per heavy atom. The SMILES string of the molecule is CCC1CCN(Cc2ccnc(OC)n2)C1. The molecule has 16 heavy (non-hydrogen) atoms. The average molecular weight is 221 g/mol. The normalized spacial score (nSPS) is 21.2. The Balaban J connectivity index is 1.94. The number of nitrogens with zero attached hydrogens (tertiary/aromatic N) is 3. The molecule has 88 valence electrons. The Labute approximate surface area is 96.7 Å². The summed E-state index contributed by atoms with van der Waals surface area (Å²) in [7, 11) is 1.60. The van der Waals surface area contributed by atoms with E-state index >= 15 is 0 Å². The van der Waals surface area contributed by atoms with Crippen molar-refractivity contribution < 1.29 is 4.74 Å². The third-order valence-corrected chi connectivity index (χ3v) is 3.21. The van der Waals surface area contributed by atoms with Crippen LogP contribution >= 0.6 is 0 Å². The van der Waals surface area contributed by atoms with E-state index in [1.807, 2.05) is 6.07 Å². The molecule has 0 bridgehead atoms. The van der Waals surface area contributed by atoms with Gasteiger partial charge in [0.05, 0.1) is 12.8 Å². The average Bonchev–Trinajstić information content (AvgIpc) is 2.77. The summed E-state index contributed by atoms with van der Waals surface area (Å²) in [5, 5.41) is 0. The highest BCUT2D eigenvalue weighted by atomic mass is 16.5. The molecule has 1 aromatic rings. The van der Waals surface area contributed by atoms with Crippen molar-refractivity contribution in [1.82, 2.24) is 14.9 Å². The number of hydrogen-bond acceptors (Lipinski definition) is 4. The second kappa shape index (κ2) is 5.25. The van der Waals surface area contributed by atoms with Gasteiger partial charge in [-0.25, -0.2) is 4.98 Å². The maximum atomic E-state index is 5.02. The molecule has 0 N–H and O–H groups in total. The molecule has 0 saturated carbocycles. The fraction of sp³-hybridized carbons (Fsp3) is 0.667. The smallest absolute Gasteiger partial charge is 0.316 e.